The number of imidazole rings is 1. The summed E-state index contributed by atoms with van der Waals surface area (Å²) in [4.78, 5) is 3.80. The van der Waals surface area contributed by atoms with Crippen molar-refractivity contribution < 1.29 is 13.9 Å². The van der Waals surface area contributed by atoms with Gasteiger partial charge in [0.05, 0.1) is 12.6 Å². The highest BCUT2D eigenvalue weighted by Crippen LogP contribution is 2.11. The summed E-state index contributed by atoms with van der Waals surface area (Å²) in [5.41, 5.74) is 0. The highest BCUT2D eigenvalue weighted by molar-refractivity contribution is 4.92. The molecule has 1 heterocycles. The zero-order chi connectivity index (χ0) is 11.3. The third kappa shape index (κ3) is 3.56. The molecular weight excluding hydrogens is 204 g/mol. The molecule has 0 amide bonds. The van der Waals surface area contributed by atoms with Crippen LogP contribution in [0.5, 0.6) is 0 Å². The van der Waals surface area contributed by atoms with Crippen molar-refractivity contribution in [2.75, 3.05) is 6.54 Å². The predicted octanol–water partition coefficient (Wildman–Crippen LogP) is 1.14. The van der Waals surface area contributed by atoms with Crippen LogP contribution in [0, 0.1) is 0 Å². The van der Waals surface area contributed by atoms with Crippen LogP contribution in [0.2, 0.25) is 0 Å². The van der Waals surface area contributed by atoms with Gasteiger partial charge in [0.15, 0.2) is 0 Å². The monoisotopic (exact) mass is 219 g/mol. The largest absolute Gasteiger partial charge is 0.392 e. The van der Waals surface area contributed by atoms with Crippen molar-refractivity contribution in [2.45, 2.75) is 32.5 Å². The molecule has 86 valence electrons. The van der Waals surface area contributed by atoms with E-state index in [-0.39, 0.29) is 12.4 Å². The van der Waals surface area contributed by atoms with E-state index in [1.165, 1.54) is 12.4 Å². The highest BCUT2D eigenvalue weighted by Gasteiger charge is 2.10. The first-order chi connectivity index (χ1) is 7.15. The quantitative estimate of drug-likeness (QED) is 0.754. The second-order valence-electron chi connectivity index (χ2n) is 3.22. The fourth-order valence-electron chi connectivity index (χ4n) is 1.15. The van der Waals surface area contributed by atoms with E-state index in [9.17, 15) is 13.9 Å². The molecule has 6 heteroatoms. The number of aliphatic hydroxyl groups is 1. The first-order valence-corrected chi connectivity index (χ1v) is 4.83. The molecule has 0 radical (unpaired) electrons. The fourth-order valence-corrected chi connectivity index (χ4v) is 1.15. The van der Waals surface area contributed by atoms with Crippen molar-refractivity contribution in [2.24, 2.45) is 0 Å². The Morgan fingerprint density at radius 2 is 2.33 bits per heavy atom. The van der Waals surface area contributed by atoms with Crippen molar-refractivity contribution >= 4 is 0 Å². The van der Waals surface area contributed by atoms with Gasteiger partial charge in [-0.15, -0.1) is 0 Å². The zero-order valence-electron chi connectivity index (χ0n) is 8.53. The standard InChI is InChI=1S/C9H15F2N3O/c1-2-7(15)5-12-6-8-13-3-4-14(8)9(10)11/h3-4,7,9,12,15H,2,5-6H2,1H3. The lowest BCUT2D eigenvalue weighted by molar-refractivity contribution is 0.0664. The molecule has 0 aromatic carbocycles. The minimum atomic E-state index is -2.57. The molecule has 0 fully saturated rings. The van der Waals surface area contributed by atoms with Crippen LogP contribution in [-0.4, -0.2) is 27.3 Å². The fraction of sp³-hybridized carbons (Fsp3) is 0.667. The Kier molecular flexibility index (Phi) is 4.64. The minimum Gasteiger partial charge on any atom is -0.392 e. The maximum absolute atomic E-state index is 12.4. The lowest BCUT2D eigenvalue weighted by Gasteiger charge is -2.10. The Balaban J connectivity index is 2.40. The van der Waals surface area contributed by atoms with Crippen LogP contribution < -0.4 is 5.32 Å². The number of alkyl halides is 2. The van der Waals surface area contributed by atoms with E-state index in [2.05, 4.69) is 10.3 Å². The summed E-state index contributed by atoms with van der Waals surface area (Å²) >= 11 is 0. The first kappa shape index (κ1) is 12.1. The molecule has 0 saturated carbocycles. The molecule has 1 aromatic heterocycles. The molecule has 0 saturated heterocycles. The smallest absolute Gasteiger partial charge is 0.319 e. The molecule has 0 aliphatic rings. The van der Waals surface area contributed by atoms with Crippen molar-refractivity contribution in [3.8, 4) is 0 Å². The van der Waals surface area contributed by atoms with E-state index >= 15 is 0 Å². The molecule has 15 heavy (non-hydrogen) atoms. The SMILES string of the molecule is CCC(O)CNCc1nccn1C(F)F. The lowest BCUT2D eigenvalue weighted by Crippen LogP contribution is -2.27. The van der Waals surface area contributed by atoms with E-state index in [4.69, 9.17) is 0 Å². The van der Waals surface area contributed by atoms with Gasteiger partial charge in [0.2, 0.25) is 0 Å². The van der Waals surface area contributed by atoms with Gasteiger partial charge < -0.3 is 10.4 Å². The van der Waals surface area contributed by atoms with Gasteiger partial charge >= 0.3 is 6.55 Å². The maximum atomic E-state index is 12.4. The Morgan fingerprint density at radius 1 is 1.60 bits per heavy atom. The maximum Gasteiger partial charge on any atom is 0.319 e. The molecule has 0 bridgehead atoms. The van der Waals surface area contributed by atoms with Gasteiger partial charge in [0.25, 0.3) is 0 Å². The molecule has 0 aliphatic heterocycles. The van der Waals surface area contributed by atoms with Crippen molar-refractivity contribution in [3.63, 3.8) is 0 Å². The van der Waals surface area contributed by atoms with Crippen LogP contribution in [-0.2, 0) is 6.54 Å². The van der Waals surface area contributed by atoms with Crippen LogP contribution in [0.1, 0.15) is 25.7 Å². The van der Waals surface area contributed by atoms with Gasteiger partial charge in [0.1, 0.15) is 5.82 Å². The molecular formula is C9H15F2N3O. The molecule has 1 rings (SSSR count). The van der Waals surface area contributed by atoms with Gasteiger partial charge in [0, 0.05) is 18.9 Å². The zero-order valence-corrected chi connectivity index (χ0v) is 8.53. The van der Waals surface area contributed by atoms with Crippen LogP contribution in [0.25, 0.3) is 0 Å². The third-order valence-electron chi connectivity index (χ3n) is 2.09. The van der Waals surface area contributed by atoms with Gasteiger partial charge in [-0.2, -0.15) is 8.78 Å². The summed E-state index contributed by atoms with van der Waals surface area (Å²) in [6.45, 7) is -0.103. The molecule has 1 atom stereocenters. The number of halogens is 2. The lowest BCUT2D eigenvalue weighted by atomic mass is 10.3. The van der Waals surface area contributed by atoms with Crippen LogP contribution in [0.4, 0.5) is 8.78 Å². The Hall–Kier alpha value is -1.01. The van der Waals surface area contributed by atoms with E-state index in [1.54, 1.807) is 0 Å². The number of nitrogens with one attached hydrogen (secondary N) is 1. The highest BCUT2D eigenvalue weighted by atomic mass is 19.3. The van der Waals surface area contributed by atoms with Crippen LogP contribution in [0.3, 0.4) is 0 Å². The van der Waals surface area contributed by atoms with Crippen LogP contribution in [0.15, 0.2) is 12.4 Å². The summed E-state index contributed by atoms with van der Waals surface area (Å²) in [5.74, 6) is 0.272. The summed E-state index contributed by atoms with van der Waals surface area (Å²) in [5, 5.41) is 12.1. The van der Waals surface area contributed by atoms with E-state index in [1.807, 2.05) is 6.92 Å². The second-order valence-corrected chi connectivity index (χ2v) is 3.22. The number of aliphatic hydroxyl groups excluding tert-OH is 1. The normalized spacial score (nSPS) is 13.4. The molecule has 2 N–H and O–H groups in total. The van der Waals surface area contributed by atoms with Crippen molar-refractivity contribution in [1.29, 1.82) is 0 Å². The molecule has 0 spiro atoms. The Labute approximate surface area is 86.9 Å². The number of aromatic nitrogens is 2. The predicted molar refractivity (Wildman–Crippen MR) is 51.5 cm³/mol. The van der Waals surface area contributed by atoms with Crippen molar-refractivity contribution in [3.05, 3.63) is 18.2 Å². The Morgan fingerprint density at radius 3 is 2.93 bits per heavy atom. The molecule has 4 nitrogen and oxygen atoms in total. The second kappa shape index (κ2) is 5.77. The molecule has 0 aliphatic carbocycles. The topological polar surface area (TPSA) is 50.1 Å². The number of rotatable bonds is 6. The van der Waals surface area contributed by atoms with Crippen LogP contribution >= 0.6 is 0 Å². The van der Waals surface area contributed by atoms with E-state index in [0.717, 1.165) is 4.57 Å². The molecule has 1 unspecified atom stereocenters. The molecule has 1 aromatic rings. The summed E-state index contributed by atoms with van der Waals surface area (Å²) in [7, 11) is 0. The van der Waals surface area contributed by atoms with Gasteiger partial charge in [-0.1, -0.05) is 6.92 Å². The summed E-state index contributed by atoms with van der Waals surface area (Å²) in [6.07, 6.45) is 2.76. The number of hydrogen-bond acceptors (Lipinski definition) is 3. The number of nitrogens with zero attached hydrogens (tertiary/aromatic N) is 2. The van der Waals surface area contributed by atoms with Gasteiger partial charge in [-0.3, -0.25) is 4.57 Å². The number of hydrogen-bond donors (Lipinski definition) is 2. The summed E-state index contributed by atoms with van der Waals surface area (Å²) in [6, 6.07) is 0. The van der Waals surface area contributed by atoms with Crippen molar-refractivity contribution in [1.82, 2.24) is 14.9 Å². The summed E-state index contributed by atoms with van der Waals surface area (Å²) < 4.78 is 25.5. The van der Waals surface area contributed by atoms with Gasteiger partial charge in [-0.05, 0) is 6.42 Å². The average molecular weight is 219 g/mol. The third-order valence-corrected chi connectivity index (χ3v) is 2.09. The minimum absolute atomic E-state index is 0.231. The average Bonchev–Trinajstić information content (AvgIpc) is 2.65. The first-order valence-electron chi connectivity index (χ1n) is 4.83. The Bertz CT molecular complexity index is 291. The van der Waals surface area contributed by atoms with Gasteiger partial charge in [-0.25, -0.2) is 4.98 Å². The van der Waals surface area contributed by atoms with E-state index in [0.29, 0.717) is 13.0 Å². The van der Waals surface area contributed by atoms with E-state index < -0.39 is 12.7 Å².